The van der Waals surface area contributed by atoms with Gasteiger partial charge in [0.2, 0.25) is 5.95 Å². The molecule has 7 heteroatoms. The van der Waals surface area contributed by atoms with Crippen LogP contribution in [0.4, 0.5) is 10.3 Å². The van der Waals surface area contributed by atoms with Crippen LogP contribution in [0.25, 0.3) is 11.4 Å². The lowest BCUT2D eigenvalue weighted by Gasteiger charge is -2.37. The van der Waals surface area contributed by atoms with E-state index in [9.17, 15) is 9.18 Å². The Bertz CT molecular complexity index is 1150. The number of carbonyl (C=O) groups excluding carboxylic acids is 1. The van der Waals surface area contributed by atoms with E-state index in [1.807, 2.05) is 18.2 Å². The minimum absolute atomic E-state index is 0.0768. The maximum Gasteiger partial charge on any atom is 0.226 e. The van der Waals surface area contributed by atoms with Crippen molar-refractivity contribution in [1.29, 1.82) is 0 Å². The van der Waals surface area contributed by atoms with Crippen LogP contribution in [0.2, 0.25) is 0 Å². The number of halogens is 1. The lowest BCUT2D eigenvalue weighted by molar-refractivity contribution is -0.118. The normalized spacial score (nSPS) is 20.1. The third-order valence-corrected chi connectivity index (χ3v) is 5.41. The first kappa shape index (κ1) is 17.7. The van der Waals surface area contributed by atoms with E-state index >= 15 is 0 Å². The molecule has 3 heterocycles. The highest BCUT2D eigenvalue weighted by Gasteiger charge is 2.42. The fourth-order valence-electron chi connectivity index (χ4n) is 4.18. The molecule has 0 saturated carbocycles. The van der Waals surface area contributed by atoms with Crippen LogP contribution < -0.4 is 5.32 Å². The number of Topliss-reactive ketones (excluding diaryl/α,β-unsaturated/α-hetero) is 1. The van der Waals surface area contributed by atoms with E-state index in [-0.39, 0.29) is 22.8 Å². The molecule has 1 aliphatic carbocycles. The molecule has 29 heavy (non-hydrogen) atoms. The van der Waals surface area contributed by atoms with Gasteiger partial charge in [-0.1, -0.05) is 32.0 Å². The number of rotatable bonds is 2. The molecule has 6 nitrogen and oxygen atoms in total. The fraction of sp³-hybridized carbons (Fsp3) is 0.273. The van der Waals surface area contributed by atoms with E-state index in [1.54, 1.807) is 29.1 Å². The van der Waals surface area contributed by atoms with Crippen molar-refractivity contribution >= 4 is 11.7 Å². The van der Waals surface area contributed by atoms with Gasteiger partial charge in [0.15, 0.2) is 11.6 Å². The van der Waals surface area contributed by atoms with Crippen LogP contribution in [0.1, 0.15) is 38.4 Å². The summed E-state index contributed by atoms with van der Waals surface area (Å²) in [6, 6.07) is 11.5. The molecule has 1 N–H and O–H groups in total. The Kier molecular flexibility index (Phi) is 3.87. The summed E-state index contributed by atoms with van der Waals surface area (Å²) >= 11 is 0. The Morgan fingerprint density at radius 2 is 1.93 bits per heavy atom. The fourth-order valence-corrected chi connectivity index (χ4v) is 4.18. The van der Waals surface area contributed by atoms with Crippen LogP contribution in [0.3, 0.4) is 0 Å². The average Bonchev–Trinajstić information content (AvgIpc) is 3.09. The van der Waals surface area contributed by atoms with Crippen molar-refractivity contribution < 1.29 is 9.18 Å². The summed E-state index contributed by atoms with van der Waals surface area (Å²) in [6.45, 7) is 4.16. The van der Waals surface area contributed by atoms with Gasteiger partial charge in [-0.15, -0.1) is 5.10 Å². The number of ketones is 1. The first-order valence-electron chi connectivity index (χ1n) is 9.59. The Morgan fingerprint density at radius 3 is 2.69 bits per heavy atom. The molecule has 0 saturated heterocycles. The molecule has 2 aromatic heterocycles. The summed E-state index contributed by atoms with van der Waals surface area (Å²) in [6.07, 6.45) is 2.88. The van der Waals surface area contributed by atoms with Crippen LogP contribution in [-0.4, -0.2) is 25.5 Å². The van der Waals surface area contributed by atoms with Gasteiger partial charge in [-0.05, 0) is 36.1 Å². The molecule has 2 aliphatic rings. The van der Waals surface area contributed by atoms with E-state index in [0.29, 0.717) is 29.2 Å². The Balaban J connectivity index is 1.70. The molecular weight excluding hydrogens is 369 g/mol. The van der Waals surface area contributed by atoms with E-state index in [0.717, 1.165) is 12.1 Å². The van der Waals surface area contributed by atoms with E-state index in [4.69, 9.17) is 0 Å². The smallest absolute Gasteiger partial charge is 0.226 e. The first-order valence-corrected chi connectivity index (χ1v) is 9.59. The summed E-state index contributed by atoms with van der Waals surface area (Å²) in [5.74, 6) is 0.453. The Labute approximate surface area is 167 Å². The van der Waals surface area contributed by atoms with Crippen molar-refractivity contribution in [3.63, 3.8) is 0 Å². The lowest BCUT2D eigenvalue weighted by Crippen LogP contribution is -2.36. The van der Waals surface area contributed by atoms with Crippen LogP contribution in [0, 0.1) is 11.2 Å². The predicted octanol–water partition coefficient (Wildman–Crippen LogP) is 4.14. The van der Waals surface area contributed by atoms with Crippen molar-refractivity contribution in [3.8, 4) is 11.4 Å². The molecule has 3 aromatic rings. The topological polar surface area (TPSA) is 72.7 Å². The van der Waals surface area contributed by atoms with Crippen LogP contribution in [0.5, 0.6) is 0 Å². The lowest BCUT2D eigenvalue weighted by atomic mass is 9.73. The third kappa shape index (κ3) is 2.93. The van der Waals surface area contributed by atoms with Crippen LogP contribution >= 0.6 is 0 Å². The average molecular weight is 389 g/mol. The van der Waals surface area contributed by atoms with Crippen LogP contribution in [0.15, 0.2) is 59.9 Å². The summed E-state index contributed by atoms with van der Waals surface area (Å²) in [5.41, 5.74) is 2.40. The minimum Gasteiger partial charge on any atom is -0.328 e. The van der Waals surface area contributed by atoms with Crippen molar-refractivity contribution in [1.82, 2.24) is 19.7 Å². The van der Waals surface area contributed by atoms with Crippen molar-refractivity contribution in [2.75, 3.05) is 5.32 Å². The number of nitrogens with one attached hydrogen (secondary N) is 1. The number of benzene rings is 1. The number of nitrogens with zero attached hydrogens (tertiary/aromatic N) is 4. The van der Waals surface area contributed by atoms with E-state index in [2.05, 4.69) is 34.2 Å². The van der Waals surface area contributed by atoms with Gasteiger partial charge in [0, 0.05) is 23.9 Å². The number of hydrogen-bond donors (Lipinski definition) is 1. The highest BCUT2D eigenvalue weighted by Crippen LogP contribution is 2.45. The quantitative estimate of drug-likeness (QED) is 0.713. The van der Waals surface area contributed by atoms with Gasteiger partial charge < -0.3 is 5.32 Å². The molecule has 0 fully saturated rings. The highest BCUT2D eigenvalue weighted by molar-refractivity contribution is 6.00. The zero-order chi connectivity index (χ0) is 20.2. The van der Waals surface area contributed by atoms with Gasteiger partial charge in [-0.2, -0.15) is 4.98 Å². The summed E-state index contributed by atoms with van der Waals surface area (Å²) < 4.78 is 16.0. The first-order chi connectivity index (χ1) is 13.9. The largest absolute Gasteiger partial charge is 0.328 e. The summed E-state index contributed by atoms with van der Waals surface area (Å²) in [7, 11) is 0. The maximum absolute atomic E-state index is 14.3. The number of anilines is 1. The number of carbonyl (C=O) groups is 1. The van der Waals surface area contributed by atoms with Gasteiger partial charge in [0.25, 0.3) is 0 Å². The van der Waals surface area contributed by atoms with Crippen molar-refractivity contribution in [2.45, 2.75) is 32.7 Å². The van der Waals surface area contributed by atoms with Gasteiger partial charge in [0.1, 0.15) is 11.9 Å². The van der Waals surface area contributed by atoms with Crippen molar-refractivity contribution in [3.05, 3.63) is 71.4 Å². The number of aromatic nitrogens is 4. The molecular formula is C22H20FN5O. The molecule has 0 spiro atoms. The van der Waals surface area contributed by atoms with Gasteiger partial charge >= 0.3 is 0 Å². The van der Waals surface area contributed by atoms with E-state index in [1.165, 1.54) is 6.07 Å². The molecule has 0 radical (unpaired) electrons. The molecule has 146 valence electrons. The molecule has 1 aliphatic heterocycles. The van der Waals surface area contributed by atoms with Crippen LogP contribution in [-0.2, 0) is 4.79 Å². The SMILES string of the molecule is CC1(C)CC(=O)C2=C(C1)Nc1nc(-c3ccccc3F)nn1C2c1ccccn1. The zero-order valence-corrected chi connectivity index (χ0v) is 16.2. The standard InChI is InChI=1S/C22H20FN5O/c1-22(2)11-16-18(17(29)12-22)19(15-9-5-6-10-24-15)28-21(25-16)26-20(27-28)13-7-3-4-8-14(13)23/h3-10,19H,11-12H2,1-2H3,(H,25,26,27). The number of allylic oxidation sites excluding steroid dienone is 2. The molecule has 1 unspecified atom stereocenters. The molecule has 0 bridgehead atoms. The highest BCUT2D eigenvalue weighted by atomic mass is 19.1. The predicted molar refractivity (Wildman–Crippen MR) is 106 cm³/mol. The zero-order valence-electron chi connectivity index (χ0n) is 16.2. The summed E-state index contributed by atoms with van der Waals surface area (Å²) in [5, 5.41) is 7.87. The van der Waals surface area contributed by atoms with Crippen molar-refractivity contribution in [2.24, 2.45) is 5.41 Å². The third-order valence-electron chi connectivity index (χ3n) is 5.41. The second-order valence-corrected chi connectivity index (χ2v) is 8.30. The van der Waals surface area contributed by atoms with Gasteiger partial charge in [-0.25, -0.2) is 9.07 Å². The second kappa shape index (κ2) is 6.34. The molecule has 5 rings (SSSR count). The number of fused-ring (bicyclic) bond motifs is 1. The monoisotopic (exact) mass is 389 g/mol. The van der Waals surface area contributed by atoms with Gasteiger partial charge in [0.05, 0.1) is 11.3 Å². The minimum atomic E-state index is -0.487. The molecule has 1 atom stereocenters. The maximum atomic E-state index is 14.3. The number of hydrogen-bond acceptors (Lipinski definition) is 5. The summed E-state index contributed by atoms with van der Waals surface area (Å²) in [4.78, 5) is 22.2. The second-order valence-electron chi connectivity index (χ2n) is 8.30. The Hall–Kier alpha value is -3.35. The molecule has 1 aromatic carbocycles. The Morgan fingerprint density at radius 1 is 1.14 bits per heavy atom. The van der Waals surface area contributed by atoms with Gasteiger partial charge in [-0.3, -0.25) is 9.78 Å². The number of pyridine rings is 1. The molecule has 0 amide bonds. The van der Waals surface area contributed by atoms with E-state index < -0.39 is 6.04 Å².